The first kappa shape index (κ1) is 11.6. The Morgan fingerprint density at radius 1 is 1.62 bits per heavy atom. The van der Waals surface area contributed by atoms with Crippen LogP contribution in [0.3, 0.4) is 0 Å². The summed E-state index contributed by atoms with van der Waals surface area (Å²) in [6.45, 7) is 0.418. The van der Waals surface area contributed by atoms with Gasteiger partial charge < -0.3 is 5.73 Å². The van der Waals surface area contributed by atoms with Crippen LogP contribution in [0, 0.1) is 5.41 Å². The molecule has 0 aliphatic carbocycles. The minimum atomic E-state index is -2.89. The van der Waals surface area contributed by atoms with E-state index < -0.39 is 9.84 Å². The second kappa shape index (κ2) is 3.85. The molecule has 16 heavy (non-hydrogen) atoms. The molecule has 1 fully saturated rings. The first-order chi connectivity index (χ1) is 7.45. The molecule has 2 rings (SSSR count). The third-order valence-corrected chi connectivity index (χ3v) is 5.12. The van der Waals surface area contributed by atoms with Gasteiger partial charge in [-0.15, -0.1) is 0 Å². The van der Waals surface area contributed by atoms with Crippen molar-refractivity contribution in [3.63, 3.8) is 0 Å². The van der Waals surface area contributed by atoms with Crippen molar-refractivity contribution in [2.24, 2.45) is 18.2 Å². The molecular weight excluding hydrogens is 226 g/mol. The summed E-state index contributed by atoms with van der Waals surface area (Å²) in [5, 5.41) is 4.09. The van der Waals surface area contributed by atoms with E-state index >= 15 is 0 Å². The SMILES string of the molecule is Cn1cc(CC2(CN)CCS(=O)(=O)C2)cn1. The highest BCUT2D eigenvalue weighted by Gasteiger charge is 2.41. The maximum atomic E-state index is 11.5. The topological polar surface area (TPSA) is 78.0 Å². The van der Waals surface area contributed by atoms with Gasteiger partial charge in [-0.05, 0) is 24.9 Å². The first-order valence-electron chi connectivity index (χ1n) is 5.33. The number of hydrogen-bond donors (Lipinski definition) is 1. The molecule has 1 atom stereocenters. The standard InChI is InChI=1S/C10H17N3O2S/c1-13-6-9(5-12-13)4-10(7-11)2-3-16(14,15)8-10/h5-6H,2-4,7-8,11H2,1H3. The molecule has 1 saturated heterocycles. The summed E-state index contributed by atoms with van der Waals surface area (Å²) in [6, 6.07) is 0. The Morgan fingerprint density at radius 2 is 2.38 bits per heavy atom. The lowest BCUT2D eigenvalue weighted by Gasteiger charge is -2.24. The van der Waals surface area contributed by atoms with Crippen molar-refractivity contribution in [3.05, 3.63) is 18.0 Å². The zero-order chi connectivity index (χ0) is 11.8. The molecule has 1 aliphatic heterocycles. The van der Waals surface area contributed by atoms with E-state index in [9.17, 15) is 8.42 Å². The predicted molar refractivity (Wildman–Crippen MR) is 61.7 cm³/mol. The third kappa shape index (κ3) is 2.27. The van der Waals surface area contributed by atoms with Crippen LogP contribution in [-0.4, -0.2) is 36.2 Å². The summed E-state index contributed by atoms with van der Waals surface area (Å²) in [7, 11) is -1.04. The Labute approximate surface area is 95.6 Å². The smallest absolute Gasteiger partial charge is 0.150 e. The molecule has 2 heterocycles. The van der Waals surface area contributed by atoms with Gasteiger partial charge in [0.25, 0.3) is 0 Å². The van der Waals surface area contributed by atoms with Gasteiger partial charge in [-0.2, -0.15) is 5.10 Å². The minimum Gasteiger partial charge on any atom is -0.330 e. The molecule has 0 radical (unpaired) electrons. The molecule has 0 spiro atoms. The van der Waals surface area contributed by atoms with Crippen molar-refractivity contribution in [2.75, 3.05) is 18.1 Å². The van der Waals surface area contributed by atoms with Crippen molar-refractivity contribution >= 4 is 9.84 Å². The molecular formula is C10H17N3O2S. The number of aryl methyl sites for hydroxylation is 1. The van der Waals surface area contributed by atoms with Gasteiger partial charge in [-0.3, -0.25) is 4.68 Å². The van der Waals surface area contributed by atoms with Crippen LogP contribution in [0.15, 0.2) is 12.4 Å². The van der Waals surface area contributed by atoms with Gasteiger partial charge in [0.15, 0.2) is 9.84 Å². The Balaban J connectivity index is 2.18. The number of rotatable bonds is 3. The van der Waals surface area contributed by atoms with Crippen LogP contribution in [0.25, 0.3) is 0 Å². The molecule has 90 valence electrons. The molecule has 0 bridgehead atoms. The summed E-state index contributed by atoms with van der Waals surface area (Å²) in [5.41, 5.74) is 6.54. The Bertz CT molecular complexity index is 480. The van der Waals surface area contributed by atoms with E-state index in [4.69, 9.17) is 5.73 Å². The summed E-state index contributed by atoms with van der Waals surface area (Å²) in [6.07, 6.45) is 5.07. The van der Waals surface area contributed by atoms with Crippen LogP contribution in [-0.2, 0) is 23.3 Å². The first-order valence-corrected chi connectivity index (χ1v) is 7.15. The van der Waals surface area contributed by atoms with Crippen LogP contribution < -0.4 is 5.73 Å². The number of hydrogen-bond acceptors (Lipinski definition) is 4. The van der Waals surface area contributed by atoms with Gasteiger partial charge in [0.2, 0.25) is 0 Å². The Morgan fingerprint density at radius 3 is 2.81 bits per heavy atom. The van der Waals surface area contributed by atoms with E-state index in [2.05, 4.69) is 5.10 Å². The van der Waals surface area contributed by atoms with Crippen LogP contribution in [0.4, 0.5) is 0 Å². The van der Waals surface area contributed by atoms with Crippen molar-refractivity contribution in [3.8, 4) is 0 Å². The van der Waals surface area contributed by atoms with Crippen molar-refractivity contribution in [1.29, 1.82) is 0 Å². The third-order valence-electron chi connectivity index (χ3n) is 3.24. The lowest BCUT2D eigenvalue weighted by molar-refractivity contribution is 0.344. The van der Waals surface area contributed by atoms with Gasteiger partial charge >= 0.3 is 0 Å². The summed E-state index contributed by atoms with van der Waals surface area (Å²) in [4.78, 5) is 0. The Kier molecular flexibility index (Phi) is 2.79. The molecule has 1 unspecified atom stereocenters. The molecule has 2 N–H and O–H groups in total. The Hall–Kier alpha value is -0.880. The highest BCUT2D eigenvalue weighted by atomic mass is 32.2. The fourth-order valence-electron chi connectivity index (χ4n) is 2.35. The molecule has 1 aromatic rings. The monoisotopic (exact) mass is 243 g/mol. The summed E-state index contributed by atoms with van der Waals surface area (Å²) in [5.74, 6) is 0.482. The second-order valence-corrected chi connectivity index (χ2v) is 6.93. The average molecular weight is 243 g/mol. The van der Waals surface area contributed by atoms with Crippen molar-refractivity contribution in [1.82, 2.24) is 9.78 Å². The van der Waals surface area contributed by atoms with Gasteiger partial charge in [-0.25, -0.2) is 8.42 Å². The highest BCUT2D eigenvalue weighted by molar-refractivity contribution is 7.91. The second-order valence-electron chi connectivity index (χ2n) is 4.75. The molecule has 0 aromatic carbocycles. The van der Waals surface area contributed by atoms with Gasteiger partial charge in [0, 0.05) is 18.7 Å². The molecule has 0 amide bonds. The highest BCUT2D eigenvalue weighted by Crippen LogP contribution is 2.34. The van der Waals surface area contributed by atoms with Crippen molar-refractivity contribution in [2.45, 2.75) is 12.8 Å². The van der Waals surface area contributed by atoms with E-state index in [1.54, 1.807) is 10.9 Å². The lowest BCUT2D eigenvalue weighted by atomic mass is 9.82. The number of sulfone groups is 1. The number of nitrogens with zero attached hydrogens (tertiary/aromatic N) is 2. The summed E-state index contributed by atoms with van der Waals surface area (Å²) >= 11 is 0. The fraction of sp³-hybridized carbons (Fsp3) is 0.700. The normalized spacial score (nSPS) is 28.4. The van der Waals surface area contributed by atoms with Gasteiger partial charge in [0.1, 0.15) is 0 Å². The van der Waals surface area contributed by atoms with E-state index in [0.29, 0.717) is 19.4 Å². The quantitative estimate of drug-likeness (QED) is 0.792. The van der Waals surface area contributed by atoms with Crippen LogP contribution in [0.1, 0.15) is 12.0 Å². The van der Waals surface area contributed by atoms with Crippen LogP contribution in [0.2, 0.25) is 0 Å². The maximum absolute atomic E-state index is 11.5. The van der Waals surface area contributed by atoms with E-state index in [0.717, 1.165) is 5.56 Å². The molecule has 0 saturated carbocycles. The minimum absolute atomic E-state index is 0.214. The van der Waals surface area contributed by atoms with E-state index in [1.807, 2.05) is 13.2 Å². The van der Waals surface area contributed by atoms with E-state index in [-0.39, 0.29) is 16.9 Å². The number of aromatic nitrogens is 2. The number of nitrogens with two attached hydrogens (primary N) is 1. The van der Waals surface area contributed by atoms with Crippen molar-refractivity contribution < 1.29 is 8.42 Å². The molecule has 1 aromatic heterocycles. The molecule has 1 aliphatic rings. The average Bonchev–Trinajstić information content (AvgIpc) is 2.72. The maximum Gasteiger partial charge on any atom is 0.150 e. The largest absolute Gasteiger partial charge is 0.330 e. The van der Waals surface area contributed by atoms with Crippen LogP contribution in [0.5, 0.6) is 0 Å². The van der Waals surface area contributed by atoms with Gasteiger partial charge in [-0.1, -0.05) is 0 Å². The predicted octanol–water partition coefficient (Wildman–Crippen LogP) is -0.274. The lowest BCUT2D eigenvalue weighted by Crippen LogP contribution is -2.33. The van der Waals surface area contributed by atoms with Crippen LogP contribution >= 0.6 is 0 Å². The molecule has 6 heteroatoms. The van der Waals surface area contributed by atoms with Gasteiger partial charge in [0.05, 0.1) is 17.7 Å². The zero-order valence-electron chi connectivity index (χ0n) is 9.39. The summed E-state index contributed by atoms with van der Waals surface area (Å²) < 4.78 is 24.8. The molecule has 5 nitrogen and oxygen atoms in total. The van der Waals surface area contributed by atoms with E-state index in [1.165, 1.54) is 0 Å². The zero-order valence-corrected chi connectivity index (χ0v) is 10.2. The fourth-order valence-corrected chi connectivity index (χ4v) is 4.54.